The molecular weight excluding hydrogens is 188 g/mol. The molecule has 0 saturated carbocycles. The summed E-state index contributed by atoms with van der Waals surface area (Å²) in [5.41, 5.74) is 6.43. The van der Waals surface area contributed by atoms with Crippen LogP contribution in [0.4, 0.5) is 0 Å². The van der Waals surface area contributed by atoms with E-state index in [0.717, 1.165) is 0 Å². The molecule has 4 N–H and O–H groups in total. The predicted octanol–water partition coefficient (Wildman–Crippen LogP) is 0.692. The first-order valence-electron chi connectivity index (χ1n) is 3.61. The molecule has 0 amide bonds. The van der Waals surface area contributed by atoms with E-state index in [4.69, 9.17) is 15.7 Å². The van der Waals surface area contributed by atoms with Crippen molar-refractivity contribution in [1.82, 2.24) is 0 Å². The fourth-order valence-electron chi connectivity index (χ4n) is 1.04. The molecule has 0 fully saturated rings. The molecule has 0 radical (unpaired) electrons. The number of amidine groups is 1. The number of nitrogens with two attached hydrogens (primary N) is 1. The molecule has 0 heterocycles. The molecule has 0 spiro atoms. The zero-order chi connectivity index (χ0) is 9.84. The van der Waals surface area contributed by atoms with Crippen molar-refractivity contribution in [2.24, 2.45) is 5.73 Å². The molecule has 0 aromatic heterocycles. The molecule has 1 aromatic rings. The summed E-state index contributed by atoms with van der Waals surface area (Å²) in [5.74, 6) is -0.0727. The molecule has 1 rings (SSSR count). The topological polar surface area (TPSA) is 87.2 Å². The van der Waals surface area contributed by atoms with Crippen LogP contribution in [0.2, 0.25) is 0 Å². The lowest BCUT2D eigenvalue weighted by atomic mass is 10.1. The van der Waals surface area contributed by atoms with Crippen LogP contribution in [-0.2, 0) is 16.8 Å². The number of hydrogen-bond donors (Lipinski definition) is 3. The van der Waals surface area contributed by atoms with E-state index in [1.165, 1.54) is 0 Å². The van der Waals surface area contributed by atoms with Crippen LogP contribution < -0.4 is 5.73 Å². The zero-order valence-electron chi connectivity index (χ0n) is 6.86. The summed E-state index contributed by atoms with van der Waals surface area (Å²) >= 11 is -1.90. The monoisotopic (exact) mass is 198 g/mol. The van der Waals surface area contributed by atoms with E-state index in [2.05, 4.69) is 0 Å². The maximum Gasteiger partial charge on any atom is 0.157 e. The van der Waals surface area contributed by atoms with Crippen molar-refractivity contribution in [2.45, 2.75) is 5.75 Å². The number of benzene rings is 1. The number of nitrogen functional groups attached to an aromatic ring is 1. The first-order chi connectivity index (χ1) is 6.11. The van der Waals surface area contributed by atoms with Crippen LogP contribution >= 0.6 is 0 Å². The van der Waals surface area contributed by atoms with Gasteiger partial charge in [-0.3, -0.25) is 5.41 Å². The zero-order valence-corrected chi connectivity index (χ0v) is 7.67. The maximum absolute atomic E-state index is 10.5. The van der Waals surface area contributed by atoms with Crippen LogP contribution in [0, 0.1) is 5.41 Å². The van der Waals surface area contributed by atoms with E-state index in [1.54, 1.807) is 24.3 Å². The van der Waals surface area contributed by atoms with Gasteiger partial charge in [-0.15, -0.1) is 0 Å². The molecule has 0 bridgehead atoms. The average molecular weight is 198 g/mol. The van der Waals surface area contributed by atoms with Gasteiger partial charge in [0.05, 0.1) is 5.75 Å². The van der Waals surface area contributed by atoms with Gasteiger partial charge in [0, 0.05) is 5.56 Å². The molecular formula is C8H10N2O2S. The molecule has 1 unspecified atom stereocenters. The van der Waals surface area contributed by atoms with Crippen molar-refractivity contribution >= 4 is 16.9 Å². The van der Waals surface area contributed by atoms with E-state index < -0.39 is 11.1 Å². The molecule has 0 saturated heterocycles. The lowest BCUT2D eigenvalue weighted by molar-refractivity contribution is 0.563. The summed E-state index contributed by atoms with van der Waals surface area (Å²) in [6, 6.07) is 6.82. The molecule has 4 nitrogen and oxygen atoms in total. The van der Waals surface area contributed by atoms with E-state index in [9.17, 15) is 4.21 Å². The van der Waals surface area contributed by atoms with Crippen LogP contribution in [0.3, 0.4) is 0 Å². The van der Waals surface area contributed by atoms with Crippen molar-refractivity contribution < 1.29 is 8.76 Å². The van der Waals surface area contributed by atoms with Crippen molar-refractivity contribution in [3.05, 3.63) is 35.4 Å². The number of nitrogens with one attached hydrogen (secondary N) is 1. The largest absolute Gasteiger partial charge is 0.384 e. The number of hydrogen-bond acceptors (Lipinski definition) is 2. The summed E-state index contributed by atoms with van der Waals surface area (Å²) in [6.07, 6.45) is 0. The molecule has 13 heavy (non-hydrogen) atoms. The van der Waals surface area contributed by atoms with Crippen LogP contribution in [0.15, 0.2) is 24.3 Å². The summed E-state index contributed by atoms with van der Waals surface area (Å²) in [7, 11) is 0. The third-order valence-electron chi connectivity index (χ3n) is 1.59. The van der Waals surface area contributed by atoms with Gasteiger partial charge in [-0.1, -0.05) is 24.3 Å². The van der Waals surface area contributed by atoms with E-state index >= 15 is 0 Å². The summed E-state index contributed by atoms with van der Waals surface area (Å²) in [6.45, 7) is 0. The Hall–Kier alpha value is -1.20. The Bertz CT molecular complexity index is 352. The third kappa shape index (κ3) is 2.64. The Morgan fingerprint density at radius 3 is 2.69 bits per heavy atom. The smallest absolute Gasteiger partial charge is 0.157 e. The van der Waals surface area contributed by atoms with Crippen LogP contribution in [0.1, 0.15) is 11.1 Å². The Kier molecular flexibility index (Phi) is 3.16. The highest BCUT2D eigenvalue weighted by molar-refractivity contribution is 7.78. The van der Waals surface area contributed by atoms with Gasteiger partial charge in [-0.05, 0) is 5.56 Å². The van der Waals surface area contributed by atoms with E-state index in [-0.39, 0.29) is 11.6 Å². The standard InChI is InChI=1S/C8H10N2O2S/c9-8(10)7-4-2-1-3-6(7)5-13(11)12/h1-4H,5H2,(H3,9,10)(H,11,12). The second kappa shape index (κ2) is 4.15. The van der Waals surface area contributed by atoms with Crippen molar-refractivity contribution in [1.29, 1.82) is 5.41 Å². The summed E-state index contributed by atoms with van der Waals surface area (Å²) in [4.78, 5) is 0. The fourth-order valence-corrected chi connectivity index (χ4v) is 1.56. The van der Waals surface area contributed by atoms with E-state index in [1.807, 2.05) is 0 Å². The Morgan fingerprint density at radius 2 is 2.15 bits per heavy atom. The van der Waals surface area contributed by atoms with Crippen molar-refractivity contribution in [3.8, 4) is 0 Å². The Morgan fingerprint density at radius 1 is 1.54 bits per heavy atom. The van der Waals surface area contributed by atoms with Gasteiger partial charge in [0.1, 0.15) is 5.84 Å². The number of rotatable bonds is 3. The Balaban J connectivity index is 3.04. The minimum absolute atomic E-state index is 0.00968. The normalized spacial score (nSPS) is 12.4. The van der Waals surface area contributed by atoms with Gasteiger partial charge < -0.3 is 10.3 Å². The molecule has 70 valence electrons. The second-order valence-electron chi connectivity index (χ2n) is 2.54. The average Bonchev–Trinajstić information content (AvgIpc) is 2.03. The van der Waals surface area contributed by atoms with Gasteiger partial charge >= 0.3 is 0 Å². The van der Waals surface area contributed by atoms with Crippen LogP contribution in [0.5, 0.6) is 0 Å². The van der Waals surface area contributed by atoms with Gasteiger partial charge in [-0.25, -0.2) is 4.21 Å². The molecule has 1 atom stereocenters. The quantitative estimate of drug-likeness (QED) is 0.379. The predicted molar refractivity (Wildman–Crippen MR) is 51.9 cm³/mol. The summed E-state index contributed by atoms with van der Waals surface area (Å²) in [5, 5.41) is 7.22. The molecule has 1 aromatic carbocycles. The highest BCUT2D eigenvalue weighted by atomic mass is 32.2. The van der Waals surface area contributed by atoms with Gasteiger partial charge in [0.25, 0.3) is 0 Å². The van der Waals surface area contributed by atoms with Crippen molar-refractivity contribution in [2.75, 3.05) is 0 Å². The Labute approximate surface area is 78.6 Å². The lowest BCUT2D eigenvalue weighted by Gasteiger charge is -2.04. The second-order valence-corrected chi connectivity index (χ2v) is 3.47. The summed E-state index contributed by atoms with van der Waals surface area (Å²) < 4.78 is 19.2. The molecule has 0 aliphatic carbocycles. The highest BCUT2D eigenvalue weighted by Crippen LogP contribution is 2.09. The highest BCUT2D eigenvalue weighted by Gasteiger charge is 2.05. The lowest BCUT2D eigenvalue weighted by Crippen LogP contribution is -2.14. The molecule has 5 heteroatoms. The van der Waals surface area contributed by atoms with Gasteiger partial charge in [0.2, 0.25) is 0 Å². The van der Waals surface area contributed by atoms with E-state index in [0.29, 0.717) is 11.1 Å². The van der Waals surface area contributed by atoms with Crippen LogP contribution in [-0.4, -0.2) is 14.6 Å². The third-order valence-corrected chi connectivity index (χ3v) is 2.14. The maximum atomic E-state index is 10.5. The molecule has 0 aliphatic heterocycles. The SMILES string of the molecule is N=C(N)c1ccccc1CS(=O)O. The minimum Gasteiger partial charge on any atom is -0.384 e. The van der Waals surface area contributed by atoms with Crippen molar-refractivity contribution in [3.63, 3.8) is 0 Å². The molecule has 0 aliphatic rings. The first-order valence-corrected chi connectivity index (χ1v) is 4.88. The van der Waals surface area contributed by atoms with Gasteiger partial charge in [0.15, 0.2) is 11.1 Å². The minimum atomic E-state index is -1.90. The van der Waals surface area contributed by atoms with Gasteiger partial charge in [-0.2, -0.15) is 0 Å². The fraction of sp³-hybridized carbons (Fsp3) is 0.125. The first kappa shape index (κ1) is 9.88. The van der Waals surface area contributed by atoms with Crippen LogP contribution in [0.25, 0.3) is 0 Å².